The van der Waals surface area contributed by atoms with E-state index in [1.165, 1.54) is 16.8 Å². The molecule has 2 aromatic rings. The monoisotopic (exact) mass is 440 g/mol. The number of ether oxygens (including phenoxy) is 1. The molecule has 0 saturated heterocycles. The predicted octanol–water partition coefficient (Wildman–Crippen LogP) is 4.33. The van der Waals surface area contributed by atoms with Gasteiger partial charge >= 0.3 is 0 Å². The Morgan fingerprint density at radius 3 is 2.75 bits per heavy atom. The summed E-state index contributed by atoms with van der Waals surface area (Å²) in [7, 11) is 1.71. The second-order valence-corrected chi connectivity index (χ2v) is 6.90. The van der Waals surface area contributed by atoms with Crippen molar-refractivity contribution in [1.29, 1.82) is 0 Å². The summed E-state index contributed by atoms with van der Waals surface area (Å²) in [6.45, 7) is 5.64. The van der Waals surface area contributed by atoms with Crippen molar-refractivity contribution >= 4 is 39.4 Å². The van der Waals surface area contributed by atoms with E-state index in [0.29, 0.717) is 0 Å². The number of nitrogens with zero attached hydrogens (tertiary/aromatic N) is 2. The zero-order chi connectivity index (χ0) is 17.3. The average Bonchev–Trinajstić information content (AvgIpc) is 2.96. The molecule has 4 nitrogen and oxygen atoms in total. The zero-order valence-electron chi connectivity index (χ0n) is 14.6. The van der Waals surface area contributed by atoms with Gasteiger partial charge in [0.15, 0.2) is 0 Å². The maximum Gasteiger partial charge on any atom is 0.230 e. The Morgan fingerprint density at radius 1 is 1.38 bits per heavy atom. The second-order valence-electron chi connectivity index (χ2n) is 6.22. The summed E-state index contributed by atoms with van der Waals surface area (Å²) in [4.78, 5) is 15.1. The Labute approximate surface area is 157 Å². The molecule has 1 unspecified atom stereocenters. The van der Waals surface area contributed by atoms with E-state index >= 15 is 0 Å². The molecule has 0 aliphatic heterocycles. The van der Waals surface area contributed by atoms with Crippen LogP contribution < -0.4 is 4.74 Å². The first-order chi connectivity index (χ1) is 11.7. The van der Waals surface area contributed by atoms with Crippen LogP contribution in [0.3, 0.4) is 0 Å². The molecule has 1 aliphatic carbocycles. The number of fused-ring (bicyclic) bond motifs is 3. The van der Waals surface area contributed by atoms with Crippen LogP contribution in [-0.4, -0.2) is 35.6 Å². The van der Waals surface area contributed by atoms with Gasteiger partial charge in [-0.25, -0.2) is 0 Å². The summed E-state index contributed by atoms with van der Waals surface area (Å²) < 4.78 is 8.90. The lowest BCUT2D eigenvalue weighted by Gasteiger charge is -2.29. The third-order valence-electron chi connectivity index (χ3n) is 5.17. The zero-order valence-corrected chi connectivity index (χ0v) is 16.8. The number of aromatic nitrogens is 1. The van der Waals surface area contributed by atoms with Gasteiger partial charge in [0.05, 0.1) is 23.1 Å². The highest BCUT2D eigenvalue weighted by molar-refractivity contribution is 14.1. The number of likely N-dealkylation sites (N-methyl/N-ethyl adjacent to an activating group) is 1. The largest absolute Gasteiger partial charge is 0.496 e. The highest BCUT2D eigenvalue weighted by Gasteiger charge is 2.34. The van der Waals surface area contributed by atoms with Gasteiger partial charge in [-0.1, -0.05) is 28.7 Å². The van der Waals surface area contributed by atoms with Gasteiger partial charge in [-0.2, -0.15) is 0 Å². The minimum absolute atomic E-state index is 0.0448. The van der Waals surface area contributed by atoms with E-state index in [1.54, 1.807) is 7.11 Å². The van der Waals surface area contributed by atoms with E-state index in [-0.39, 0.29) is 11.8 Å². The van der Waals surface area contributed by atoms with Gasteiger partial charge in [-0.3, -0.25) is 4.79 Å². The van der Waals surface area contributed by atoms with Crippen molar-refractivity contribution in [3.8, 4) is 5.75 Å². The number of hydrogen-bond acceptors (Lipinski definition) is 2. The fraction of sp³-hybridized carbons (Fsp3) is 0.526. The molecule has 0 saturated carbocycles. The number of hydrogen-bond donors (Lipinski definition) is 0. The molecule has 1 aliphatic rings. The van der Waals surface area contributed by atoms with Crippen LogP contribution in [0.1, 0.15) is 43.9 Å². The Morgan fingerprint density at radius 2 is 2.12 bits per heavy atom. The smallest absolute Gasteiger partial charge is 0.230 e. The number of benzene rings is 1. The number of amides is 1. The van der Waals surface area contributed by atoms with Crippen LogP contribution in [0.5, 0.6) is 5.75 Å². The normalized spacial score (nSPS) is 16.9. The molecule has 0 N–H and O–H groups in total. The number of carbonyl (C=O) groups excluding carboxylic acids is 1. The Balaban J connectivity index is 2.24. The lowest BCUT2D eigenvalue weighted by Crippen LogP contribution is -2.36. The van der Waals surface area contributed by atoms with Crippen molar-refractivity contribution < 1.29 is 9.53 Å². The molecule has 0 fully saturated rings. The molecule has 1 heterocycles. The first-order valence-electron chi connectivity index (χ1n) is 8.70. The van der Waals surface area contributed by atoms with Crippen molar-refractivity contribution in [3.05, 3.63) is 29.5 Å². The SMILES string of the molecule is CCN(CC)C(=O)C1CCCc2c1c1c(OC)cccc1n2CI. The van der Waals surface area contributed by atoms with Gasteiger partial charge in [0, 0.05) is 24.2 Å². The fourth-order valence-electron chi connectivity index (χ4n) is 4.02. The van der Waals surface area contributed by atoms with Crippen LogP contribution in [0.2, 0.25) is 0 Å². The van der Waals surface area contributed by atoms with E-state index in [1.807, 2.05) is 17.0 Å². The molecule has 24 heavy (non-hydrogen) atoms. The Hall–Kier alpha value is -1.24. The highest BCUT2D eigenvalue weighted by atomic mass is 127. The molecule has 1 atom stereocenters. The summed E-state index contributed by atoms with van der Waals surface area (Å²) in [5.74, 6) is 1.10. The average molecular weight is 440 g/mol. The molecule has 0 spiro atoms. The topological polar surface area (TPSA) is 34.5 Å². The van der Waals surface area contributed by atoms with Crippen LogP contribution in [-0.2, 0) is 15.8 Å². The Kier molecular flexibility index (Phi) is 5.37. The molecule has 1 aromatic heterocycles. The fourth-order valence-corrected chi connectivity index (χ4v) is 4.80. The molecule has 3 rings (SSSR count). The predicted molar refractivity (Wildman–Crippen MR) is 106 cm³/mol. The molecule has 0 bridgehead atoms. The molecule has 1 amide bonds. The van der Waals surface area contributed by atoms with Gasteiger partial charge in [0.1, 0.15) is 5.75 Å². The van der Waals surface area contributed by atoms with E-state index in [2.05, 4.69) is 47.1 Å². The highest BCUT2D eigenvalue weighted by Crippen LogP contribution is 2.43. The summed E-state index contributed by atoms with van der Waals surface area (Å²) in [5.41, 5.74) is 3.72. The van der Waals surface area contributed by atoms with Crippen molar-refractivity contribution in [2.45, 2.75) is 43.6 Å². The Bertz CT molecular complexity index is 749. The third-order valence-corrected chi connectivity index (χ3v) is 5.85. The van der Waals surface area contributed by atoms with Crippen LogP contribution in [0, 0.1) is 0 Å². The molecule has 1 aromatic carbocycles. The lowest BCUT2D eigenvalue weighted by molar-refractivity contribution is -0.132. The van der Waals surface area contributed by atoms with E-state index < -0.39 is 0 Å². The van der Waals surface area contributed by atoms with Crippen molar-refractivity contribution in [1.82, 2.24) is 9.47 Å². The van der Waals surface area contributed by atoms with Crippen molar-refractivity contribution in [2.24, 2.45) is 0 Å². The van der Waals surface area contributed by atoms with Gasteiger partial charge in [0.25, 0.3) is 0 Å². The van der Waals surface area contributed by atoms with E-state index in [9.17, 15) is 4.79 Å². The molecule has 130 valence electrons. The van der Waals surface area contributed by atoms with Crippen LogP contribution >= 0.6 is 22.6 Å². The van der Waals surface area contributed by atoms with Gasteiger partial charge in [0.2, 0.25) is 5.91 Å². The lowest BCUT2D eigenvalue weighted by atomic mass is 9.84. The van der Waals surface area contributed by atoms with Crippen LogP contribution in [0.15, 0.2) is 18.2 Å². The minimum Gasteiger partial charge on any atom is -0.496 e. The second kappa shape index (κ2) is 7.33. The number of rotatable bonds is 5. The van der Waals surface area contributed by atoms with E-state index in [4.69, 9.17) is 4.74 Å². The summed E-state index contributed by atoms with van der Waals surface area (Å²) in [6, 6.07) is 6.19. The minimum atomic E-state index is -0.0448. The number of methoxy groups -OCH3 is 1. The maximum absolute atomic E-state index is 13.1. The van der Waals surface area contributed by atoms with Gasteiger partial charge in [-0.15, -0.1) is 0 Å². The van der Waals surface area contributed by atoms with Gasteiger partial charge < -0.3 is 14.2 Å². The van der Waals surface area contributed by atoms with Crippen molar-refractivity contribution in [2.75, 3.05) is 20.2 Å². The first kappa shape index (κ1) is 17.6. The van der Waals surface area contributed by atoms with Crippen LogP contribution in [0.4, 0.5) is 0 Å². The third kappa shape index (κ3) is 2.70. The van der Waals surface area contributed by atoms with E-state index in [0.717, 1.165) is 48.0 Å². The van der Waals surface area contributed by atoms with Crippen LogP contribution in [0.25, 0.3) is 10.9 Å². The molecular weight excluding hydrogens is 415 g/mol. The maximum atomic E-state index is 13.1. The summed E-state index contributed by atoms with van der Waals surface area (Å²) in [6.07, 6.45) is 3.04. The number of carbonyl (C=O) groups is 1. The van der Waals surface area contributed by atoms with Gasteiger partial charge in [-0.05, 0) is 50.8 Å². The quantitative estimate of drug-likeness (QED) is 0.513. The molecule has 0 radical (unpaired) electrons. The standard InChI is InChI=1S/C19H25IN2O2/c1-4-21(5-2)19(23)13-8-6-9-14-17(13)18-15(22(14)12-20)10-7-11-16(18)24-3/h7,10-11,13H,4-6,8-9,12H2,1-3H3. The molecule has 5 heteroatoms. The van der Waals surface area contributed by atoms with Crippen molar-refractivity contribution in [3.63, 3.8) is 0 Å². The molecular formula is C19H25IN2O2. The summed E-state index contributed by atoms with van der Waals surface area (Å²) >= 11 is 2.41. The summed E-state index contributed by atoms with van der Waals surface area (Å²) in [5, 5.41) is 1.14. The number of halogens is 1. The first-order valence-corrected chi connectivity index (χ1v) is 10.2. The number of alkyl halides is 1.